The fraction of sp³-hybridized carbons (Fsp3) is 0.438. The first-order valence-electron chi connectivity index (χ1n) is 7.48. The minimum atomic E-state index is -0.226. The molecule has 6 heteroatoms. The quantitative estimate of drug-likeness (QED) is 0.605. The number of nitrogens with zero attached hydrogens (tertiary/aromatic N) is 3. The molecule has 1 saturated carbocycles. The second-order valence-corrected chi connectivity index (χ2v) is 6.56. The van der Waals surface area contributed by atoms with E-state index >= 15 is 0 Å². The third-order valence-corrected chi connectivity index (χ3v) is 4.20. The standard InChI is InChI=1S/C16H19N3O2S/c1-11(2)21-14(20)10-22-16-18-17-15(12-8-9-12)19(16)13-6-4-3-5-7-13/h3-7,11-12H,8-10H2,1-2H3. The fourth-order valence-electron chi connectivity index (χ4n) is 2.22. The topological polar surface area (TPSA) is 57.0 Å². The zero-order valence-corrected chi connectivity index (χ0v) is 13.5. The van der Waals surface area contributed by atoms with Crippen LogP contribution in [-0.4, -0.2) is 32.6 Å². The number of aromatic nitrogens is 3. The Bertz CT molecular complexity index is 651. The second-order valence-electron chi connectivity index (χ2n) is 5.61. The summed E-state index contributed by atoms with van der Waals surface area (Å²) in [6, 6.07) is 10.0. The van der Waals surface area contributed by atoms with Crippen molar-refractivity contribution in [1.82, 2.24) is 14.8 Å². The van der Waals surface area contributed by atoms with E-state index in [2.05, 4.69) is 14.8 Å². The van der Waals surface area contributed by atoms with Crippen molar-refractivity contribution in [2.24, 2.45) is 0 Å². The number of ether oxygens (including phenoxy) is 1. The van der Waals surface area contributed by atoms with Crippen LogP contribution in [0.1, 0.15) is 38.4 Å². The van der Waals surface area contributed by atoms with Gasteiger partial charge in [0.05, 0.1) is 11.9 Å². The van der Waals surface area contributed by atoms with Gasteiger partial charge in [-0.15, -0.1) is 10.2 Å². The van der Waals surface area contributed by atoms with Crippen LogP contribution >= 0.6 is 11.8 Å². The lowest BCUT2D eigenvalue weighted by Crippen LogP contribution is -2.13. The predicted octanol–water partition coefficient (Wildman–Crippen LogP) is 3.19. The lowest BCUT2D eigenvalue weighted by molar-refractivity contribution is -0.144. The van der Waals surface area contributed by atoms with Crippen LogP contribution in [0.15, 0.2) is 35.5 Å². The maximum Gasteiger partial charge on any atom is 0.316 e. The van der Waals surface area contributed by atoms with Crippen LogP contribution < -0.4 is 0 Å². The Labute approximate surface area is 134 Å². The summed E-state index contributed by atoms with van der Waals surface area (Å²) in [5, 5.41) is 9.35. The van der Waals surface area contributed by atoms with Crippen LogP contribution in [0.25, 0.3) is 5.69 Å². The number of rotatable bonds is 6. The third-order valence-electron chi connectivity index (χ3n) is 3.30. The average molecular weight is 317 g/mol. The Balaban J connectivity index is 1.81. The highest BCUT2D eigenvalue weighted by Gasteiger charge is 2.31. The second kappa shape index (κ2) is 6.52. The van der Waals surface area contributed by atoms with Gasteiger partial charge in [-0.05, 0) is 38.8 Å². The van der Waals surface area contributed by atoms with Gasteiger partial charge < -0.3 is 4.74 Å². The molecule has 22 heavy (non-hydrogen) atoms. The summed E-state index contributed by atoms with van der Waals surface area (Å²) in [6.07, 6.45) is 2.22. The molecule has 0 aliphatic heterocycles. The Hall–Kier alpha value is -1.82. The highest BCUT2D eigenvalue weighted by Crippen LogP contribution is 2.41. The molecule has 0 amide bonds. The maximum absolute atomic E-state index is 11.7. The minimum absolute atomic E-state index is 0.0953. The molecule has 1 aromatic heterocycles. The van der Waals surface area contributed by atoms with E-state index < -0.39 is 0 Å². The van der Waals surface area contributed by atoms with Crippen molar-refractivity contribution in [3.63, 3.8) is 0 Å². The molecule has 1 fully saturated rings. The zero-order valence-electron chi connectivity index (χ0n) is 12.7. The van der Waals surface area contributed by atoms with E-state index in [0.717, 1.165) is 29.5 Å². The largest absolute Gasteiger partial charge is 0.462 e. The highest BCUT2D eigenvalue weighted by molar-refractivity contribution is 7.99. The smallest absolute Gasteiger partial charge is 0.316 e. The van der Waals surface area contributed by atoms with Crippen molar-refractivity contribution in [2.45, 2.75) is 43.9 Å². The van der Waals surface area contributed by atoms with Crippen LogP contribution in [-0.2, 0) is 9.53 Å². The van der Waals surface area contributed by atoms with Gasteiger partial charge in [0.2, 0.25) is 0 Å². The van der Waals surface area contributed by atoms with E-state index in [-0.39, 0.29) is 17.8 Å². The number of hydrogen-bond donors (Lipinski definition) is 0. The Morgan fingerprint density at radius 3 is 2.68 bits per heavy atom. The molecule has 2 aromatic rings. The predicted molar refractivity (Wildman–Crippen MR) is 85.3 cm³/mol. The Morgan fingerprint density at radius 1 is 1.32 bits per heavy atom. The number of esters is 1. The lowest BCUT2D eigenvalue weighted by atomic mass is 10.3. The molecule has 1 aliphatic rings. The average Bonchev–Trinajstić information content (AvgIpc) is 3.25. The molecular formula is C16H19N3O2S. The summed E-state index contributed by atoms with van der Waals surface area (Å²) in [5.41, 5.74) is 1.04. The third kappa shape index (κ3) is 3.50. The molecule has 116 valence electrons. The van der Waals surface area contributed by atoms with Crippen molar-refractivity contribution in [3.8, 4) is 5.69 Å². The van der Waals surface area contributed by atoms with Crippen molar-refractivity contribution in [3.05, 3.63) is 36.2 Å². The van der Waals surface area contributed by atoms with Gasteiger partial charge >= 0.3 is 5.97 Å². The maximum atomic E-state index is 11.7. The molecule has 5 nitrogen and oxygen atoms in total. The molecule has 0 spiro atoms. The summed E-state index contributed by atoms with van der Waals surface area (Å²) in [4.78, 5) is 11.7. The van der Waals surface area contributed by atoms with Gasteiger partial charge in [-0.2, -0.15) is 0 Å². The lowest BCUT2D eigenvalue weighted by Gasteiger charge is -2.10. The van der Waals surface area contributed by atoms with E-state index in [1.54, 1.807) is 0 Å². The minimum Gasteiger partial charge on any atom is -0.462 e. The molecule has 0 unspecified atom stereocenters. The summed E-state index contributed by atoms with van der Waals surface area (Å²) in [7, 11) is 0. The molecular weight excluding hydrogens is 298 g/mol. The zero-order chi connectivity index (χ0) is 15.5. The number of benzene rings is 1. The first kappa shape index (κ1) is 15.1. The molecule has 3 rings (SSSR count). The number of carbonyl (C=O) groups excluding carboxylic acids is 1. The molecule has 1 heterocycles. The Kier molecular flexibility index (Phi) is 4.47. The fourth-order valence-corrected chi connectivity index (χ4v) is 2.96. The van der Waals surface area contributed by atoms with Gasteiger partial charge in [-0.3, -0.25) is 9.36 Å². The van der Waals surface area contributed by atoms with E-state index in [1.807, 2.05) is 44.2 Å². The van der Waals surface area contributed by atoms with Crippen LogP contribution in [0, 0.1) is 0 Å². The van der Waals surface area contributed by atoms with Gasteiger partial charge in [0.1, 0.15) is 5.82 Å². The van der Waals surface area contributed by atoms with Crippen LogP contribution in [0.2, 0.25) is 0 Å². The first-order chi connectivity index (χ1) is 10.6. The molecule has 0 saturated heterocycles. The highest BCUT2D eigenvalue weighted by atomic mass is 32.2. The number of carbonyl (C=O) groups is 1. The molecule has 0 radical (unpaired) electrons. The van der Waals surface area contributed by atoms with E-state index in [9.17, 15) is 4.79 Å². The first-order valence-corrected chi connectivity index (χ1v) is 8.46. The van der Waals surface area contributed by atoms with Gasteiger partial charge in [0.15, 0.2) is 5.16 Å². The SMILES string of the molecule is CC(C)OC(=O)CSc1nnc(C2CC2)n1-c1ccccc1. The van der Waals surface area contributed by atoms with E-state index in [4.69, 9.17) is 4.74 Å². The van der Waals surface area contributed by atoms with Crippen molar-refractivity contribution in [2.75, 3.05) is 5.75 Å². The summed E-state index contributed by atoms with van der Waals surface area (Å²) in [6.45, 7) is 3.69. The molecule has 0 atom stereocenters. The summed E-state index contributed by atoms with van der Waals surface area (Å²) < 4.78 is 7.23. The summed E-state index contributed by atoms with van der Waals surface area (Å²) in [5.74, 6) is 1.50. The number of para-hydroxylation sites is 1. The number of hydrogen-bond acceptors (Lipinski definition) is 5. The van der Waals surface area contributed by atoms with Gasteiger partial charge in [-0.25, -0.2) is 0 Å². The van der Waals surface area contributed by atoms with Crippen LogP contribution in [0.3, 0.4) is 0 Å². The van der Waals surface area contributed by atoms with Crippen LogP contribution in [0.4, 0.5) is 0 Å². The summed E-state index contributed by atoms with van der Waals surface area (Å²) >= 11 is 1.37. The normalized spacial score (nSPS) is 14.3. The monoisotopic (exact) mass is 317 g/mol. The van der Waals surface area contributed by atoms with Gasteiger partial charge in [-0.1, -0.05) is 30.0 Å². The van der Waals surface area contributed by atoms with Crippen molar-refractivity contribution < 1.29 is 9.53 Å². The van der Waals surface area contributed by atoms with Crippen molar-refractivity contribution in [1.29, 1.82) is 0 Å². The number of thioether (sulfide) groups is 1. The van der Waals surface area contributed by atoms with Crippen molar-refractivity contribution >= 4 is 17.7 Å². The Morgan fingerprint density at radius 2 is 2.05 bits per heavy atom. The molecule has 0 N–H and O–H groups in total. The van der Waals surface area contributed by atoms with Gasteiger partial charge in [0, 0.05) is 11.6 Å². The van der Waals surface area contributed by atoms with Gasteiger partial charge in [0.25, 0.3) is 0 Å². The molecule has 1 aromatic carbocycles. The molecule has 0 bridgehead atoms. The van der Waals surface area contributed by atoms with E-state index in [1.165, 1.54) is 11.8 Å². The van der Waals surface area contributed by atoms with E-state index in [0.29, 0.717) is 5.92 Å². The van der Waals surface area contributed by atoms with Crippen LogP contribution in [0.5, 0.6) is 0 Å². The molecule has 1 aliphatic carbocycles.